The Bertz CT molecular complexity index is 839. The molecule has 5 nitrogen and oxygen atoms in total. The molecule has 1 heterocycles. The molecule has 2 aliphatic rings. The highest BCUT2D eigenvalue weighted by Crippen LogP contribution is 2.40. The summed E-state index contributed by atoms with van der Waals surface area (Å²) in [5, 5.41) is 5.85. The predicted molar refractivity (Wildman–Crippen MR) is 113 cm³/mol. The van der Waals surface area contributed by atoms with Crippen molar-refractivity contribution in [1.82, 2.24) is 0 Å². The summed E-state index contributed by atoms with van der Waals surface area (Å²) < 4.78 is 0. The molecule has 2 fully saturated rings. The first-order valence-corrected chi connectivity index (χ1v) is 10.1. The van der Waals surface area contributed by atoms with Crippen LogP contribution in [0.25, 0.3) is 0 Å². The lowest BCUT2D eigenvalue weighted by molar-refractivity contribution is -0.122. The maximum Gasteiger partial charge on any atom is 0.228 e. The summed E-state index contributed by atoms with van der Waals surface area (Å²) in [5.41, 5.74) is 3.91. The molecule has 2 amide bonds. The lowest BCUT2D eigenvalue weighted by Crippen LogP contribution is -2.29. The number of rotatable bonds is 5. The van der Waals surface area contributed by atoms with Gasteiger partial charge in [0.25, 0.3) is 0 Å². The molecule has 0 radical (unpaired) electrons. The minimum atomic E-state index is -0.243. The maximum atomic E-state index is 12.5. The van der Waals surface area contributed by atoms with Crippen molar-refractivity contribution in [1.29, 1.82) is 0 Å². The van der Waals surface area contributed by atoms with Gasteiger partial charge in [-0.3, -0.25) is 9.59 Å². The molecule has 28 heavy (non-hydrogen) atoms. The van der Waals surface area contributed by atoms with Crippen LogP contribution < -0.4 is 15.5 Å². The van der Waals surface area contributed by atoms with E-state index in [1.807, 2.05) is 43.3 Å². The van der Waals surface area contributed by atoms with Crippen molar-refractivity contribution in [3.63, 3.8) is 0 Å². The van der Waals surface area contributed by atoms with Crippen LogP contribution >= 0.6 is 0 Å². The summed E-state index contributed by atoms with van der Waals surface area (Å²) >= 11 is 0. The highest BCUT2D eigenvalue weighted by molar-refractivity contribution is 6.03. The van der Waals surface area contributed by atoms with Crippen LogP contribution in [0, 0.1) is 18.8 Å². The number of carbonyl (C=O) groups excluding carboxylic acids is 2. The Morgan fingerprint density at radius 2 is 1.29 bits per heavy atom. The van der Waals surface area contributed by atoms with Gasteiger partial charge in [0, 0.05) is 30.2 Å². The second-order valence-corrected chi connectivity index (χ2v) is 7.89. The summed E-state index contributed by atoms with van der Waals surface area (Å²) in [4.78, 5) is 27.2. The van der Waals surface area contributed by atoms with Gasteiger partial charge in [0.1, 0.15) is 0 Å². The Kier molecular flexibility index (Phi) is 5.33. The highest BCUT2D eigenvalue weighted by atomic mass is 16.2. The van der Waals surface area contributed by atoms with Gasteiger partial charge in [-0.15, -0.1) is 0 Å². The van der Waals surface area contributed by atoms with E-state index in [-0.39, 0.29) is 23.7 Å². The molecule has 2 aromatic carbocycles. The van der Waals surface area contributed by atoms with E-state index in [9.17, 15) is 9.59 Å². The molecule has 5 heteroatoms. The molecule has 2 atom stereocenters. The van der Waals surface area contributed by atoms with Gasteiger partial charge in [-0.05, 0) is 69.0 Å². The predicted octanol–water partition coefficient (Wildman–Crippen LogP) is 4.20. The summed E-state index contributed by atoms with van der Waals surface area (Å²) in [7, 11) is 0. The first-order valence-electron chi connectivity index (χ1n) is 10.1. The van der Waals surface area contributed by atoms with Crippen molar-refractivity contribution < 1.29 is 9.59 Å². The van der Waals surface area contributed by atoms with E-state index in [0.29, 0.717) is 6.42 Å². The highest BCUT2D eigenvalue weighted by Gasteiger charge is 2.48. The number of piperidine rings is 1. The minimum absolute atomic E-state index is 0.0743. The van der Waals surface area contributed by atoms with Crippen LogP contribution in [-0.2, 0) is 9.59 Å². The summed E-state index contributed by atoms with van der Waals surface area (Å²) in [6.45, 7) is 4.21. The minimum Gasteiger partial charge on any atom is -0.372 e. The second kappa shape index (κ2) is 8.05. The summed E-state index contributed by atoms with van der Waals surface area (Å²) in [6, 6.07) is 15.7. The molecule has 1 saturated heterocycles. The van der Waals surface area contributed by atoms with Gasteiger partial charge in [-0.25, -0.2) is 0 Å². The SMILES string of the molecule is Cc1ccc(NC(=O)C2CC2C(=O)Nc2ccc(N3CCCCC3)cc2)cc1. The zero-order valence-electron chi connectivity index (χ0n) is 16.3. The van der Waals surface area contributed by atoms with Crippen molar-refractivity contribution in [2.75, 3.05) is 28.6 Å². The van der Waals surface area contributed by atoms with E-state index in [1.54, 1.807) is 0 Å². The lowest BCUT2D eigenvalue weighted by Gasteiger charge is -2.28. The van der Waals surface area contributed by atoms with Crippen LogP contribution in [0.1, 0.15) is 31.2 Å². The van der Waals surface area contributed by atoms with E-state index < -0.39 is 0 Å². The molecular formula is C23H27N3O2. The first-order chi connectivity index (χ1) is 13.6. The lowest BCUT2D eigenvalue weighted by atomic mass is 10.1. The molecule has 1 saturated carbocycles. The van der Waals surface area contributed by atoms with Gasteiger partial charge in [-0.1, -0.05) is 17.7 Å². The van der Waals surface area contributed by atoms with Crippen LogP contribution in [0.3, 0.4) is 0 Å². The summed E-state index contributed by atoms with van der Waals surface area (Å²) in [6.07, 6.45) is 4.40. The van der Waals surface area contributed by atoms with Crippen LogP contribution in [0.5, 0.6) is 0 Å². The van der Waals surface area contributed by atoms with Crippen LogP contribution in [0.2, 0.25) is 0 Å². The number of aryl methyl sites for hydroxylation is 1. The van der Waals surface area contributed by atoms with Crippen molar-refractivity contribution in [2.45, 2.75) is 32.6 Å². The fourth-order valence-corrected chi connectivity index (χ4v) is 3.79. The Hall–Kier alpha value is -2.82. The van der Waals surface area contributed by atoms with Crippen molar-refractivity contribution in [3.05, 3.63) is 54.1 Å². The zero-order valence-corrected chi connectivity index (χ0v) is 16.3. The number of nitrogens with zero attached hydrogens (tertiary/aromatic N) is 1. The monoisotopic (exact) mass is 377 g/mol. The van der Waals surface area contributed by atoms with Crippen LogP contribution in [0.15, 0.2) is 48.5 Å². The average Bonchev–Trinajstić information content (AvgIpc) is 3.52. The number of carbonyl (C=O) groups is 2. The van der Waals surface area contributed by atoms with Gasteiger partial charge in [0.05, 0.1) is 11.8 Å². The Morgan fingerprint density at radius 3 is 1.82 bits per heavy atom. The largest absolute Gasteiger partial charge is 0.372 e. The standard InChI is InChI=1S/C23H27N3O2/c1-16-5-7-17(8-6-16)24-22(27)20-15-21(20)23(28)25-18-9-11-19(12-10-18)26-13-3-2-4-14-26/h5-12,20-21H,2-4,13-15H2,1H3,(H,24,27)(H,25,28). The van der Waals surface area contributed by atoms with Gasteiger partial charge in [0.2, 0.25) is 11.8 Å². The molecular weight excluding hydrogens is 350 g/mol. The third kappa shape index (κ3) is 4.35. The van der Waals surface area contributed by atoms with Crippen molar-refractivity contribution in [3.8, 4) is 0 Å². The molecule has 1 aliphatic heterocycles. The first kappa shape index (κ1) is 18.5. The number of anilines is 3. The fourth-order valence-electron chi connectivity index (χ4n) is 3.79. The smallest absolute Gasteiger partial charge is 0.228 e. The van der Waals surface area contributed by atoms with Gasteiger partial charge in [0.15, 0.2) is 0 Å². The molecule has 0 bridgehead atoms. The molecule has 1 aliphatic carbocycles. The van der Waals surface area contributed by atoms with E-state index in [0.717, 1.165) is 30.0 Å². The quantitative estimate of drug-likeness (QED) is 0.821. The zero-order chi connectivity index (χ0) is 19.5. The van der Waals surface area contributed by atoms with Gasteiger partial charge in [-0.2, -0.15) is 0 Å². The topological polar surface area (TPSA) is 61.4 Å². The van der Waals surface area contributed by atoms with Crippen LogP contribution in [0.4, 0.5) is 17.1 Å². The number of hydrogen-bond donors (Lipinski definition) is 2. The average molecular weight is 377 g/mol. The third-order valence-electron chi connectivity index (χ3n) is 5.64. The molecule has 2 aromatic rings. The van der Waals surface area contributed by atoms with E-state index in [2.05, 4.69) is 27.7 Å². The maximum absolute atomic E-state index is 12.5. The normalized spacial score (nSPS) is 21.1. The van der Waals surface area contributed by atoms with Crippen molar-refractivity contribution >= 4 is 28.9 Å². The Labute approximate surface area is 166 Å². The molecule has 0 spiro atoms. The Balaban J connectivity index is 1.28. The number of amides is 2. The molecule has 146 valence electrons. The Morgan fingerprint density at radius 1 is 0.786 bits per heavy atom. The van der Waals surface area contributed by atoms with Gasteiger partial charge >= 0.3 is 0 Å². The number of benzene rings is 2. The van der Waals surface area contributed by atoms with E-state index in [4.69, 9.17) is 0 Å². The van der Waals surface area contributed by atoms with E-state index >= 15 is 0 Å². The number of nitrogens with one attached hydrogen (secondary N) is 2. The molecule has 4 rings (SSSR count). The molecule has 2 N–H and O–H groups in total. The van der Waals surface area contributed by atoms with Crippen molar-refractivity contribution in [2.24, 2.45) is 11.8 Å². The van der Waals surface area contributed by atoms with Gasteiger partial charge < -0.3 is 15.5 Å². The molecule has 0 aromatic heterocycles. The van der Waals surface area contributed by atoms with Crippen LogP contribution in [-0.4, -0.2) is 24.9 Å². The third-order valence-corrected chi connectivity index (χ3v) is 5.64. The summed E-state index contributed by atoms with van der Waals surface area (Å²) in [5.74, 6) is -0.639. The number of hydrogen-bond acceptors (Lipinski definition) is 3. The molecule has 2 unspecified atom stereocenters. The second-order valence-electron chi connectivity index (χ2n) is 7.89. The van der Waals surface area contributed by atoms with E-state index in [1.165, 1.54) is 24.9 Å². The fraction of sp³-hybridized carbons (Fsp3) is 0.391.